The number of nitrogens with one attached hydrogen (secondary N) is 2. The van der Waals surface area contributed by atoms with E-state index in [2.05, 4.69) is 22.7 Å². The third kappa shape index (κ3) is 5.42. The average molecular weight is 377 g/mol. The zero-order valence-electron chi connectivity index (χ0n) is 16.1. The van der Waals surface area contributed by atoms with Crippen LogP contribution in [0.5, 0.6) is 0 Å². The van der Waals surface area contributed by atoms with Crippen LogP contribution >= 0.6 is 11.3 Å². The molecule has 0 saturated heterocycles. The normalized spacial score (nSPS) is 13.5. The SMILES string of the molecule is Cc1cc(C)n(C[C@@H](C)CNC(=O)[C@@H](NC(=O)c2cccs2)C(C)C)n1. The summed E-state index contributed by atoms with van der Waals surface area (Å²) in [5, 5.41) is 12.1. The molecule has 2 heterocycles. The summed E-state index contributed by atoms with van der Waals surface area (Å²) in [6, 6.07) is 5.07. The number of carbonyl (C=O) groups is 2. The summed E-state index contributed by atoms with van der Waals surface area (Å²) in [7, 11) is 0. The number of nitrogens with zero attached hydrogens (tertiary/aromatic N) is 2. The standard InChI is InChI=1S/C19H28N4O2S/c1-12(2)17(21-18(24)16-7-6-8-26-16)19(25)20-10-13(3)11-23-15(5)9-14(4)22-23/h6-9,12-13,17H,10-11H2,1-5H3,(H,20,25)(H,21,24)/t13-,17-/m0/s1. The number of rotatable bonds is 8. The number of amides is 2. The molecule has 0 aromatic carbocycles. The third-order valence-corrected chi connectivity index (χ3v) is 5.06. The van der Waals surface area contributed by atoms with Gasteiger partial charge in [-0.25, -0.2) is 0 Å². The lowest BCUT2D eigenvalue weighted by atomic mass is 10.0. The summed E-state index contributed by atoms with van der Waals surface area (Å²) < 4.78 is 1.96. The lowest BCUT2D eigenvalue weighted by Crippen LogP contribution is -2.50. The van der Waals surface area contributed by atoms with Crippen molar-refractivity contribution in [2.75, 3.05) is 6.54 Å². The van der Waals surface area contributed by atoms with Crippen molar-refractivity contribution in [1.82, 2.24) is 20.4 Å². The maximum absolute atomic E-state index is 12.6. The van der Waals surface area contributed by atoms with Crippen molar-refractivity contribution in [3.05, 3.63) is 39.8 Å². The molecule has 2 aromatic heterocycles. The van der Waals surface area contributed by atoms with E-state index < -0.39 is 6.04 Å². The van der Waals surface area contributed by atoms with Crippen molar-refractivity contribution in [1.29, 1.82) is 0 Å². The first-order chi connectivity index (χ1) is 12.3. The molecule has 26 heavy (non-hydrogen) atoms. The largest absolute Gasteiger partial charge is 0.354 e. The molecule has 2 amide bonds. The molecule has 0 saturated carbocycles. The molecule has 0 radical (unpaired) electrons. The minimum atomic E-state index is -0.550. The first-order valence-electron chi connectivity index (χ1n) is 8.91. The highest BCUT2D eigenvalue weighted by Gasteiger charge is 2.25. The van der Waals surface area contributed by atoms with Crippen molar-refractivity contribution in [3.8, 4) is 0 Å². The van der Waals surface area contributed by atoms with Crippen LogP contribution in [0.2, 0.25) is 0 Å². The van der Waals surface area contributed by atoms with E-state index >= 15 is 0 Å². The van der Waals surface area contributed by atoms with Crippen molar-refractivity contribution < 1.29 is 9.59 Å². The maximum atomic E-state index is 12.6. The van der Waals surface area contributed by atoms with Gasteiger partial charge in [0.2, 0.25) is 5.91 Å². The molecule has 0 aliphatic heterocycles. The van der Waals surface area contributed by atoms with Gasteiger partial charge < -0.3 is 10.6 Å². The molecular formula is C19H28N4O2S. The highest BCUT2D eigenvalue weighted by Crippen LogP contribution is 2.11. The fourth-order valence-electron chi connectivity index (χ4n) is 2.76. The zero-order chi connectivity index (χ0) is 19.3. The van der Waals surface area contributed by atoms with E-state index in [9.17, 15) is 9.59 Å². The number of hydrogen-bond donors (Lipinski definition) is 2. The number of aromatic nitrogens is 2. The van der Waals surface area contributed by atoms with Gasteiger partial charge in [0.15, 0.2) is 0 Å². The molecule has 0 fully saturated rings. The molecule has 0 aliphatic rings. The van der Waals surface area contributed by atoms with Crippen molar-refractivity contribution in [2.24, 2.45) is 11.8 Å². The molecule has 0 spiro atoms. The van der Waals surface area contributed by atoms with Gasteiger partial charge in [0.25, 0.3) is 5.91 Å². The predicted molar refractivity (Wildman–Crippen MR) is 104 cm³/mol. The van der Waals surface area contributed by atoms with E-state index in [1.165, 1.54) is 11.3 Å². The van der Waals surface area contributed by atoms with E-state index in [0.717, 1.165) is 17.9 Å². The molecule has 0 bridgehead atoms. The molecule has 0 aliphatic carbocycles. The Labute approximate surface area is 159 Å². The van der Waals surface area contributed by atoms with Crippen LogP contribution in [0.1, 0.15) is 41.8 Å². The third-order valence-electron chi connectivity index (χ3n) is 4.19. The monoisotopic (exact) mass is 376 g/mol. The minimum Gasteiger partial charge on any atom is -0.354 e. The van der Waals surface area contributed by atoms with Crippen LogP contribution in [-0.4, -0.2) is 34.2 Å². The van der Waals surface area contributed by atoms with E-state index in [1.54, 1.807) is 6.07 Å². The van der Waals surface area contributed by atoms with Crippen LogP contribution in [-0.2, 0) is 11.3 Å². The molecule has 2 aromatic rings. The smallest absolute Gasteiger partial charge is 0.262 e. The molecule has 0 unspecified atom stereocenters. The minimum absolute atomic E-state index is 0.00484. The molecule has 7 heteroatoms. The Morgan fingerprint density at radius 3 is 2.54 bits per heavy atom. The second kappa shape index (κ2) is 8.98. The molecule has 2 rings (SSSR count). The predicted octanol–water partition coefficient (Wildman–Crippen LogP) is 2.77. The number of carbonyl (C=O) groups excluding carboxylic acids is 2. The van der Waals surface area contributed by atoms with Gasteiger partial charge in [-0.2, -0.15) is 5.10 Å². The highest BCUT2D eigenvalue weighted by atomic mass is 32.1. The van der Waals surface area contributed by atoms with E-state index in [-0.39, 0.29) is 23.7 Å². The van der Waals surface area contributed by atoms with Crippen LogP contribution < -0.4 is 10.6 Å². The number of aryl methyl sites for hydroxylation is 2. The van der Waals surface area contributed by atoms with Crippen LogP contribution in [0.25, 0.3) is 0 Å². The Balaban J connectivity index is 1.88. The Bertz CT molecular complexity index is 737. The Morgan fingerprint density at radius 1 is 1.27 bits per heavy atom. The second-order valence-electron chi connectivity index (χ2n) is 7.13. The Morgan fingerprint density at radius 2 is 2.00 bits per heavy atom. The van der Waals surface area contributed by atoms with Gasteiger partial charge in [0.05, 0.1) is 10.6 Å². The summed E-state index contributed by atoms with van der Waals surface area (Å²) in [4.78, 5) is 25.4. The molecule has 2 N–H and O–H groups in total. The topological polar surface area (TPSA) is 76.0 Å². The Kier molecular flexibility index (Phi) is 6.97. The highest BCUT2D eigenvalue weighted by molar-refractivity contribution is 7.12. The van der Waals surface area contributed by atoms with E-state index in [4.69, 9.17) is 0 Å². The Hall–Kier alpha value is -2.15. The van der Waals surface area contributed by atoms with E-state index in [0.29, 0.717) is 11.4 Å². The van der Waals surface area contributed by atoms with Gasteiger partial charge in [-0.15, -0.1) is 11.3 Å². The summed E-state index contributed by atoms with van der Waals surface area (Å²) >= 11 is 1.37. The number of thiophene rings is 1. The first-order valence-corrected chi connectivity index (χ1v) is 9.79. The van der Waals surface area contributed by atoms with Crippen LogP contribution in [0, 0.1) is 25.7 Å². The second-order valence-corrected chi connectivity index (χ2v) is 8.08. The fraction of sp³-hybridized carbons (Fsp3) is 0.526. The van der Waals surface area contributed by atoms with Gasteiger partial charge in [-0.05, 0) is 43.2 Å². The van der Waals surface area contributed by atoms with Gasteiger partial charge in [0.1, 0.15) is 6.04 Å². The lowest BCUT2D eigenvalue weighted by Gasteiger charge is -2.22. The van der Waals surface area contributed by atoms with Crippen molar-refractivity contribution in [3.63, 3.8) is 0 Å². The van der Waals surface area contributed by atoms with Crippen molar-refractivity contribution >= 4 is 23.2 Å². The van der Waals surface area contributed by atoms with Gasteiger partial charge >= 0.3 is 0 Å². The molecule has 142 valence electrons. The van der Waals surface area contributed by atoms with E-state index in [1.807, 2.05) is 49.9 Å². The summed E-state index contributed by atoms with van der Waals surface area (Å²) in [6.07, 6.45) is 0. The maximum Gasteiger partial charge on any atom is 0.262 e. The van der Waals surface area contributed by atoms with Gasteiger partial charge in [0, 0.05) is 18.8 Å². The summed E-state index contributed by atoms with van der Waals surface area (Å²) in [6.45, 7) is 11.2. The number of hydrogen-bond acceptors (Lipinski definition) is 4. The lowest BCUT2D eigenvalue weighted by molar-refractivity contribution is -0.124. The zero-order valence-corrected chi connectivity index (χ0v) is 16.9. The summed E-state index contributed by atoms with van der Waals surface area (Å²) in [5.74, 6) is -0.113. The average Bonchev–Trinajstić information content (AvgIpc) is 3.20. The van der Waals surface area contributed by atoms with Crippen molar-refractivity contribution in [2.45, 2.75) is 47.2 Å². The molecule has 2 atom stereocenters. The molecular weight excluding hydrogens is 348 g/mol. The van der Waals surface area contributed by atoms with Gasteiger partial charge in [-0.1, -0.05) is 26.8 Å². The molecule has 6 nitrogen and oxygen atoms in total. The quantitative estimate of drug-likeness (QED) is 0.744. The van der Waals surface area contributed by atoms with Crippen LogP contribution in [0.4, 0.5) is 0 Å². The summed E-state index contributed by atoms with van der Waals surface area (Å²) in [5.41, 5.74) is 2.11. The van der Waals surface area contributed by atoms with Crippen LogP contribution in [0.3, 0.4) is 0 Å². The fourth-order valence-corrected chi connectivity index (χ4v) is 3.39. The van der Waals surface area contributed by atoms with Crippen LogP contribution in [0.15, 0.2) is 23.6 Å². The van der Waals surface area contributed by atoms with Gasteiger partial charge in [-0.3, -0.25) is 14.3 Å². The first kappa shape index (κ1) is 20.2.